The Labute approximate surface area is 108 Å². The van der Waals surface area contributed by atoms with Crippen LogP contribution in [0.4, 0.5) is 4.79 Å². The van der Waals surface area contributed by atoms with Crippen LogP contribution in [0.5, 0.6) is 0 Å². The van der Waals surface area contributed by atoms with E-state index in [9.17, 15) is 13.2 Å². The number of aliphatic hydroxyl groups is 1. The second-order valence-corrected chi connectivity index (χ2v) is 6.29. The van der Waals surface area contributed by atoms with Crippen LogP contribution in [-0.2, 0) is 14.9 Å². The minimum absolute atomic E-state index is 0.0862. The largest absolute Gasteiger partial charge is 0.443 e. The summed E-state index contributed by atoms with van der Waals surface area (Å²) in [6, 6.07) is 0. The second-order valence-electron chi connectivity index (χ2n) is 4.79. The van der Waals surface area contributed by atoms with E-state index >= 15 is 0 Å². The fourth-order valence-corrected chi connectivity index (χ4v) is 1.81. The maximum atomic E-state index is 11.4. The van der Waals surface area contributed by atoms with Crippen molar-refractivity contribution in [1.29, 1.82) is 0 Å². The molecule has 0 saturated heterocycles. The number of ether oxygens (including phenoxy) is 1. The fourth-order valence-electron chi connectivity index (χ4n) is 1.06. The molecule has 0 saturated carbocycles. The highest BCUT2D eigenvalue weighted by atomic mass is 32.2. The van der Waals surface area contributed by atoms with E-state index in [0.29, 0.717) is 19.3 Å². The average molecular weight is 282 g/mol. The van der Waals surface area contributed by atoms with Gasteiger partial charge in [0.25, 0.3) is 0 Å². The molecule has 8 heteroatoms. The van der Waals surface area contributed by atoms with Crippen molar-refractivity contribution in [1.82, 2.24) is 9.44 Å². The van der Waals surface area contributed by atoms with Gasteiger partial charge in [-0.2, -0.15) is 13.1 Å². The van der Waals surface area contributed by atoms with E-state index in [1.54, 1.807) is 25.5 Å². The lowest BCUT2D eigenvalue weighted by molar-refractivity contribution is 0.0569. The molecule has 7 nitrogen and oxygen atoms in total. The first kappa shape index (κ1) is 17.1. The Morgan fingerprint density at radius 2 is 1.83 bits per heavy atom. The zero-order chi connectivity index (χ0) is 14.2. The van der Waals surface area contributed by atoms with Gasteiger partial charge >= 0.3 is 16.3 Å². The average Bonchev–Trinajstić information content (AvgIpc) is 2.12. The molecular weight excluding hydrogens is 260 g/mol. The lowest BCUT2D eigenvalue weighted by Crippen LogP contribution is -2.43. The minimum Gasteiger partial charge on any atom is -0.443 e. The second kappa shape index (κ2) is 7.55. The number of carbonyl (C=O) groups excluding carboxylic acids is 1. The van der Waals surface area contributed by atoms with Crippen LogP contribution in [0.15, 0.2) is 0 Å². The van der Waals surface area contributed by atoms with Crippen molar-refractivity contribution in [2.24, 2.45) is 0 Å². The zero-order valence-electron chi connectivity index (χ0n) is 11.0. The van der Waals surface area contributed by atoms with E-state index in [1.807, 2.05) is 0 Å². The van der Waals surface area contributed by atoms with E-state index in [2.05, 4.69) is 4.72 Å². The number of nitrogens with one attached hydrogen (secondary N) is 2. The lowest BCUT2D eigenvalue weighted by atomic mass is 10.2. The monoisotopic (exact) mass is 282 g/mol. The molecule has 0 aliphatic rings. The van der Waals surface area contributed by atoms with Crippen LogP contribution < -0.4 is 9.44 Å². The van der Waals surface area contributed by atoms with Gasteiger partial charge in [-0.15, -0.1) is 0 Å². The number of carbonyl (C=O) groups is 1. The standard InChI is InChI=1S/C10H22N2O5S/c1-10(2,3)17-9(14)12-18(15,16)11-7-5-4-6-8-13/h11,13H,4-8H2,1-3H3,(H,12,14). The first-order valence-corrected chi connectivity index (χ1v) is 7.26. The number of aliphatic hydroxyl groups excluding tert-OH is 1. The topological polar surface area (TPSA) is 105 Å². The van der Waals surface area contributed by atoms with E-state index in [1.165, 1.54) is 0 Å². The van der Waals surface area contributed by atoms with Crippen molar-refractivity contribution in [2.75, 3.05) is 13.2 Å². The molecule has 0 aliphatic carbocycles. The summed E-state index contributed by atoms with van der Waals surface area (Å²) in [6.45, 7) is 5.21. The van der Waals surface area contributed by atoms with Crippen molar-refractivity contribution in [3.05, 3.63) is 0 Å². The van der Waals surface area contributed by atoms with Gasteiger partial charge in [0, 0.05) is 13.2 Å². The highest BCUT2D eigenvalue weighted by Crippen LogP contribution is 2.06. The van der Waals surface area contributed by atoms with Crippen molar-refractivity contribution < 1.29 is 23.1 Å². The molecule has 1 amide bonds. The third-order valence-corrected chi connectivity index (χ3v) is 2.76. The molecule has 0 fully saturated rings. The quantitative estimate of drug-likeness (QED) is 0.590. The number of unbranched alkanes of at least 4 members (excludes halogenated alkanes) is 2. The van der Waals surface area contributed by atoms with Gasteiger partial charge in [0.15, 0.2) is 0 Å². The van der Waals surface area contributed by atoms with Crippen LogP contribution in [-0.4, -0.2) is 38.4 Å². The summed E-state index contributed by atoms with van der Waals surface area (Å²) in [6.07, 6.45) is 0.924. The van der Waals surface area contributed by atoms with Crippen molar-refractivity contribution in [2.45, 2.75) is 45.6 Å². The van der Waals surface area contributed by atoms with Gasteiger partial charge in [-0.1, -0.05) is 0 Å². The maximum Gasteiger partial charge on any atom is 0.422 e. The zero-order valence-corrected chi connectivity index (χ0v) is 11.8. The molecule has 108 valence electrons. The van der Waals surface area contributed by atoms with Crippen LogP contribution in [0, 0.1) is 0 Å². The Hall–Kier alpha value is -0.860. The molecule has 0 aromatic carbocycles. The highest BCUT2D eigenvalue weighted by Gasteiger charge is 2.20. The maximum absolute atomic E-state index is 11.4. The lowest BCUT2D eigenvalue weighted by Gasteiger charge is -2.19. The summed E-state index contributed by atoms with van der Waals surface area (Å²) in [5.74, 6) is 0. The minimum atomic E-state index is -3.88. The molecule has 0 spiro atoms. The van der Waals surface area contributed by atoms with E-state index in [-0.39, 0.29) is 13.2 Å². The molecule has 0 heterocycles. The van der Waals surface area contributed by atoms with Gasteiger partial charge in [0.1, 0.15) is 5.60 Å². The Morgan fingerprint density at radius 3 is 2.33 bits per heavy atom. The molecular formula is C10H22N2O5S. The molecule has 0 atom stereocenters. The van der Waals surface area contributed by atoms with E-state index < -0.39 is 21.9 Å². The number of rotatable bonds is 7. The first-order valence-electron chi connectivity index (χ1n) is 5.77. The molecule has 3 N–H and O–H groups in total. The van der Waals surface area contributed by atoms with Crippen molar-refractivity contribution >= 4 is 16.3 Å². The van der Waals surface area contributed by atoms with Crippen LogP contribution in [0.1, 0.15) is 40.0 Å². The van der Waals surface area contributed by atoms with Crippen LogP contribution in [0.3, 0.4) is 0 Å². The molecule has 0 unspecified atom stereocenters. The third kappa shape index (κ3) is 10.3. The van der Waals surface area contributed by atoms with E-state index in [0.717, 1.165) is 0 Å². The molecule has 0 aliphatic heterocycles. The van der Waals surface area contributed by atoms with Gasteiger partial charge in [0.05, 0.1) is 0 Å². The number of hydrogen-bond acceptors (Lipinski definition) is 5. The first-order chi connectivity index (χ1) is 8.16. The summed E-state index contributed by atoms with van der Waals surface area (Å²) >= 11 is 0. The van der Waals surface area contributed by atoms with Crippen LogP contribution >= 0.6 is 0 Å². The van der Waals surface area contributed by atoms with Gasteiger partial charge in [0.2, 0.25) is 0 Å². The molecule has 0 rings (SSSR count). The SMILES string of the molecule is CC(C)(C)OC(=O)NS(=O)(=O)NCCCCCO. The molecule has 0 aromatic rings. The summed E-state index contributed by atoms with van der Waals surface area (Å²) in [5.41, 5.74) is -0.749. The van der Waals surface area contributed by atoms with Crippen molar-refractivity contribution in [3.63, 3.8) is 0 Å². The summed E-state index contributed by atoms with van der Waals surface area (Å²) < 4.78 is 31.6. The predicted molar refractivity (Wildman–Crippen MR) is 67.2 cm³/mol. The smallest absolute Gasteiger partial charge is 0.422 e. The number of hydrogen-bond donors (Lipinski definition) is 3. The Bertz CT molecular complexity index is 348. The number of amides is 1. The van der Waals surface area contributed by atoms with Crippen LogP contribution in [0.2, 0.25) is 0 Å². The molecule has 0 radical (unpaired) electrons. The fraction of sp³-hybridized carbons (Fsp3) is 0.900. The predicted octanol–water partition coefficient (Wildman–Crippen LogP) is 0.508. The molecule has 0 bridgehead atoms. The molecule has 0 aromatic heterocycles. The van der Waals surface area contributed by atoms with Gasteiger partial charge in [-0.25, -0.2) is 9.52 Å². The van der Waals surface area contributed by atoms with Gasteiger partial charge in [-0.3, -0.25) is 0 Å². The van der Waals surface area contributed by atoms with Gasteiger partial charge < -0.3 is 9.84 Å². The third-order valence-electron chi connectivity index (χ3n) is 1.74. The van der Waals surface area contributed by atoms with Gasteiger partial charge in [-0.05, 0) is 40.0 Å². The Kier molecular flexibility index (Phi) is 7.19. The summed E-state index contributed by atoms with van der Waals surface area (Å²) in [7, 11) is -3.88. The normalized spacial score (nSPS) is 12.2. The van der Waals surface area contributed by atoms with E-state index in [4.69, 9.17) is 9.84 Å². The summed E-state index contributed by atoms with van der Waals surface area (Å²) in [4.78, 5) is 11.2. The van der Waals surface area contributed by atoms with Crippen LogP contribution in [0.25, 0.3) is 0 Å². The van der Waals surface area contributed by atoms with Crippen molar-refractivity contribution in [3.8, 4) is 0 Å². The summed E-state index contributed by atoms with van der Waals surface area (Å²) in [5, 5.41) is 8.54. The highest BCUT2D eigenvalue weighted by molar-refractivity contribution is 7.88. The Morgan fingerprint density at radius 1 is 1.22 bits per heavy atom. The molecule has 18 heavy (non-hydrogen) atoms. The Balaban J connectivity index is 3.97.